The molecule has 100 valence electrons. The summed E-state index contributed by atoms with van der Waals surface area (Å²) in [5, 5.41) is 14.9. The predicted molar refractivity (Wildman–Crippen MR) is 80.1 cm³/mol. The van der Waals surface area contributed by atoms with Gasteiger partial charge in [0, 0.05) is 24.6 Å². The van der Waals surface area contributed by atoms with Gasteiger partial charge in [0.2, 0.25) is 0 Å². The van der Waals surface area contributed by atoms with E-state index < -0.39 is 0 Å². The molecule has 6 heteroatoms. The van der Waals surface area contributed by atoms with Crippen LogP contribution in [0.1, 0.15) is 17.8 Å². The molecule has 1 aromatic carbocycles. The van der Waals surface area contributed by atoms with Crippen molar-refractivity contribution in [3.05, 3.63) is 33.3 Å². The Kier molecular flexibility index (Phi) is 4.03. The highest BCUT2D eigenvalue weighted by Crippen LogP contribution is 2.36. The molecular weight excluding hydrogens is 301 g/mol. The molecule has 1 aliphatic rings. The molecule has 0 saturated heterocycles. The molecule has 0 radical (unpaired) electrons. The first-order valence-corrected chi connectivity index (χ1v) is 7.81. The fourth-order valence-corrected chi connectivity index (χ4v) is 3.43. The number of nitrogens with one attached hydrogen (secondary N) is 1. The smallest absolute Gasteiger partial charge is 0.150 e. The highest BCUT2D eigenvalue weighted by atomic mass is 35.5. The molecule has 3 nitrogen and oxygen atoms in total. The van der Waals surface area contributed by atoms with Gasteiger partial charge in [-0.15, -0.1) is 10.2 Å². The van der Waals surface area contributed by atoms with Crippen LogP contribution in [0.15, 0.2) is 18.2 Å². The summed E-state index contributed by atoms with van der Waals surface area (Å²) < 4.78 is 0. The summed E-state index contributed by atoms with van der Waals surface area (Å²) in [4.78, 5) is 0. The number of nitrogens with zero attached hydrogens (tertiary/aromatic N) is 2. The van der Waals surface area contributed by atoms with Crippen LogP contribution in [0.4, 0.5) is 0 Å². The van der Waals surface area contributed by atoms with E-state index in [0.717, 1.165) is 34.6 Å². The second-order valence-corrected chi connectivity index (χ2v) is 6.45. The van der Waals surface area contributed by atoms with Crippen LogP contribution in [0.25, 0.3) is 10.6 Å². The first kappa shape index (κ1) is 13.3. The van der Waals surface area contributed by atoms with E-state index in [-0.39, 0.29) is 0 Å². The minimum absolute atomic E-state index is 0.617. The van der Waals surface area contributed by atoms with E-state index in [9.17, 15) is 0 Å². The van der Waals surface area contributed by atoms with Gasteiger partial charge in [-0.1, -0.05) is 40.6 Å². The quantitative estimate of drug-likeness (QED) is 0.912. The van der Waals surface area contributed by atoms with Gasteiger partial charge in [-0.05, 0) is 25.0 Å². The molecule has 1 aliphatic carbocycles. The summed E-state index contributed by atoms with van der Waals surface area (Å²) in [5.41, 5.74) is 0.782. The maximum atomic E-state index is 6.17. The second-order valence-electron chi connectivity index (χ2n) is 4.58. The Balaban J connectivity index is 1.72. The van der Waals surface area contributed by atoms with E-state index in [1.165, 1.54) is 12.8 Å². The van der Waals surface area contributed by atoms with Gasteiger partial charge in [-0.25, -0.2) is 0 Å². The summed E-state index contributed by atoms with van der Waals surface area (Å²) in [6.07, 6.45) is 3.50. The van der Waals surface area contributed by atoms with Gasteiger partial charge in [0.15, 0.2) is 5.01 Å². The summed E-state index contributed by atoms with van der Waals surface area (Å²) in [6.45, 7) is 0.954. The Morgan fingerprint density at radius 3 is 2.63 bits per heavy atom. The van der Waals surface area contributed by atoms with Crippen molar-refractivity contribution in [1.29, 1.82) is 0 Å². The molecule has 1 aromatic heterocycles. The van der Waals surface area contributed by atoms with E-state index in [2.05, 4.69) is 15.5 Å². The third-order valence-electron chi connectivity index (χ3n) is 2.99. The number of aromatic nitrogens is 2. The maximum absolute atomic E-state index is 6.17. The largest absolute Gasteiger partial charge is 0.314 e. The van der Waals surface area contributed by atoms with Gasteiger partial charge in [0.1, 0.15) is 5.01 Å². The van der Waals surface area contributed by atoms with Crippen molar-refractivity contribution in [2.45, 2.75) is 25.3 Å². The van der Waals surface area contributed by atoms with Gasteiger partial charge in [0.25, 0.3) is 0 Å². The lowest BCUT2D eigenvalue weighted by molar-refractivity contribution is 0.677. The Morgan fingerprint density at radius 1 is 1.21 bits per heavy atom. The van der Waals surface area contributed by atoms with E-state index in [4.69, 9.17) is 23.2 Å². The van der Waals surface area contributed by atoms with Crippen molar-refractivity contribution in [1.82, 2.24) is 15.5 Å². The van der Waals surface area contributed by atoms with E-state index in [0.29, 0.717) is 10.0 Å². The molecule has 3 rings (SSSR count). The van der Waals surface area contributed by atoms with Crippen molar-refractivity contribution >= 4 is 34.5 Å². The molecule has 1 N–H and O–H groups in total. The minimum Gasteiger partial charge on any atom is -0.314 e. The van der Waals surface area contributed by atoms with Gasteiger partial charge >= 0.3 is 0 Å². The fraction of sp³-hybridized carbons (Fsp3) is 0.385. The molecule has 0 unspecified atom stereocenters. The van der Waals surface area contributed by atoms with Gasteiger partial charge in [0.05, 0.1) is 10.0 Å². The molecule has 0 spiro atoms. The van der Waals surface area contributed by atoms with Crippen molar-refractivity contribution in [3.8, 4) is 10.6 Å². The van der Waals surface area contributed by atoms with Crippen molar-refractivity contribution < 1.29 is 0 Å². The zero-order valence-electron chi connectivity index (χ0n) is 10.2. The summed E-state index contributed by atoms with van der Waals surface area (Å²) >= 11 is 13.9. The maximum Gasteiger partial charge on any atom is 0.150 e. The molecule has 19 heavy (non-hydrogen) atoms. The monoisotopic (exact) mass is 313 g/mol. The molecule has 0 amide bonds. The fourth-order valence-electron chi connectivity index (χ4n) is 1.83. The number of hydrogen-bond acceptors (Lipinski definition) is 4. The summed E-state index contributed by atoms with van der Waals surface area (Å²) in [6, 6.07) is 6.19. The van der Waals surface area contributed by atoms with Crippen molar-refractivity contribution in [3.63, 3.8) is 0 Å². The Bertz CT molecular complexity index is 561. The van der Waals surface area contributed by atoms with E-state index in [1.54, 1.807) is 11.3 Å². The Morgan fingerprint density at radius 2 is 1.95 bits per heavy atom. The lowest BCUT2D eigenvalue weighted by Gasteiger charge is -2.01. The van der Waals surface area contributed by atoms with Crippen LogP contribution >= 0.6 is 34.5 Å². The highest BCUT2D eigenvalue weighted by Gasteiger charge is 2.20. The third-order valence-corrected chi connectivity index (χ3v) is 4.62. The summed E-state index contributed by atoms with van der Waals surface area (Å²) in [5.74, 6) is 0. The van der Waals surface area contributed by atoms with Crippen LogP contribution in [0.2, 0.25) is 10.0 Å². The molecule has 0 atom stereocenters. The molecule has 2 aromatic rings. The molecule has 0 bridgehead atoms. The zero-order chi connectivity index (χ0) is 13.2. The number of hydrogen-bond donors (Lipinski definition) is 1. The number of halogens is 2. The van der Waals surface area contributed by atoms with E-state index in [1.807, 2.05) is 18.2 Å². The zero-order valence-corrected chi connectivity index (χ0v) is 12.5. The average Bonchev–Trinajstić information content (AvgIpc) is 3.08. The topological polar surface area (TPSA) is 37.8 Å². The molecular formula is C13H13Cl2N3S. The van der Waals surface area contributed by atoms with Crippen molar-refractivity contribution in [2.24, 2.45) is 0 Å². The highest BCUT2D eigenvalue weighted by molar-refractivity contribution is 7.14. The lowest BCUT2D eigenvalue weighted by Crippen LogP contribution is -2.19. The predicted octanol–water partition coefficient (Wildman–Crippen LogP) is 3.81. The number of rotatable bonds is 5. The van der Waals surface area contributed by atoms with Crippen LogP contribution < -0.4 is 5.32 Å². The molecule has 0 aliphatic heterocycles. The summed E-state index contributed by atoms with van der Waals surface area (Å²) in [7, 11) is 0. The Labute approximate surface area is 126 Å². The van der Waals surface area contributed by atoms with E-state index >= 15 is 0 Å². The van der Waals surface area contributed by atoms with Gasteiger partial charge in [-0.3, -0.25) is 0 Å². The molecule has 1 saturated carbocycles. The van der Waals surface area contributed by atoms with Crippen LogP contribution in [-0.4, -0.2) is 22.8 Å². The lowest BCUT2D eigenvalue weighted by atomic mass is 10.2. The second kappa shape index (κ2) is 5.75. The van der Waals surface area contributed by atoms with Gasteiger partial charge < -0.3 is 5.32 Å². The van der Waals surface area contributed by atoms with Crippen molar-refractivity contribution in [2.75, 3.05) is 6.54 Å². The third kappa shape index (κ3) is 3.26. The molecule has 1 fully saturated rings. The molecule has 1 heterocycles. The first-order chi connectivity index (χ1) is 9.24. The van der Waals surface area contributed by atoms with Crippen LogP contribution in [0.3, 0.4) is 0 Å². The Hall–Kier alpha value is -0.680. The first-order valence-electron chi connectivity index (χ1n) is 6.24. The SMILES string of the molecule is Clc1cccc(Cl)c1-c1nnc(CCNC2CC2)s1. The minimum atomic E-state index is 0.617. The van der Waals surface area contributed by atoms with Crippen LogP contribution in [0.5, 0.6) is 0 Å². The average molecular weight is 314 g/mol. The van der Waals surface area contributed by atoms with Gasteiger partial charge in [-0.2, -0.15) is 0 Å². The normalized spacial score (nSPS) is 14.8. The standard InChI is InChI=1S/C13H13Cl2N3S/c14-9-2-1-3-10(15)12(9)13-18-17-11(19-13)6-7-16-8-4-5-8/h1-3,8,16H,4-7H2. The van der Waals surface area contributed by atoms with Crippen LogP contribution in [-0.2, 0) is 6.42 Å². The number of benzene rings is 1. The van der Waals surface area contributed by atoms with Crippen LogP contribution in [0, 0.1) is 0 Å².